The number of para-hydroxylation sites is 1. The number of aromatic carboxylic acids is 1. The van der Waals surface area contributed by atoms with Gasteiger partial charge in [-0.15, -0.1) is 0 Å². The predicted molar refractivity (Wildman–Crippen MR) is 104 cm³/mol. The summed E-state index contributed by atoms with van der Waals surface area (Å²) in [5.41, 5.74) is 2.69. The maximum atomic E-state index is 13.5. The number of pyridine rings is 1. The molecule has 0 radical (unpaired) electrons. The summed E-state index contributed by atoms with van der Waals surface area (Å²) in [6.45, 7) is 1.99. The molecule has 0 unspecified atom stereocenters. The van der Waals surface area contributed by atoms with Gasteiger partial charge in [0.1, 0.15) is 23.0 Å². The van der Waals surface area contributed by atoms with Gasteiger partial charge in [-0.2, -0.15) is 5.10 Å². The van der Waals surface area contributed by atoms with Gasteiger partial charge >= 0.3 is 5.97 Å². The van der Waals surface area contributed by atoms with E-state index in [9.17, 15) is 14.3 Å². The van der Waals surface area contributed by atoms with Crippen LogP contribution >= 0.6 is 0 Å². The highest BCUT2D eigenvalue weighted by Gasteiger charge is 2.23. The smallest absolute Gasteiger partial charge is 0.339 e. The molecule has 6 nitrogen and oxygen atoms in total. The van der Waals surface area contributed by atoms with Gasteiger partial charge in [0, 0.05) is 12.0 Å². The lowest BCUT2D eigenvalue weighted by atomic mass is 10.0. The van der Waals surface area contributed by atoms with E-state index in [0.717, 1.165) is 42.0 Å². The first-order chi connectivity index (χ1) is 13.5. The Bertz CT molecular complexity index is 1020. The maximum absolute atomic E-state index is 13.5. The molecule has 0 atom stereocenters. The van der Waals surface area contributed by atoms with Crippen LogP contribution in [0.1, 0.15) is 53.2 Å². The number of carboxylic acids is 1. The average Bonchev–Trinajstić information content (AvgIpc) is 3.33. The number of hydrogen-bond acceptors (Lipinski definition) is 4. The zero-order valence-corrected chi connectivity index (χ0v) is 15.5. The van der Waals surface area contributed by atoms with Crippen LogP contribution < -0.4 is 5.32 Å². The Morgan fingerprint density at radius 1 is 1.25 bits per heavy atom. The monoisotopic (exact) mass is 380 g/mol. The summed E-state index contributed by atoms with van der Waals surface area (Å²) in [5, 5.41) is 17.3. The first kappa shape index (κ1) is 18.2. The Labute approximate surface area is 162 Å². The van der Waals surface area contributed by atoms with Crippen molar-refractivity contribution < 1.29 is 14.3 Å². The summed E-state index contributed by atoms with van der Waals surface area (Å²) in [5.74, 6) is -0.847. The van der Waals surface area contributed by atoms with Crippen molar-refractivity contribution in [1.82, 2.24) is 14.8 Å². The lowest BCUT2D eigenvalue weighted by molar-refractivity contribution is 0.0697. The Hall–Kier alpha value is -3.22. The van der Waals surface area contributed by atoms with E-state index in [-0.39, 0.29) is 11.4 Å². The molecule has 144 valence electrons. The number of anilines is 2. The van der Waals surface area contributed by atoms with E-state index in [2.05, 4.69) is 10.3 Å². The van der Waals surface area contributed by atoms with Crippen LogP contribution in [0.25, 0.3) is 5.69 Å². The Morgan fingerprint density at radius 3 is 2.71 bits per heavy atom. The van der Waals surface area contributed by atoms with E-state index in [4.69, 9.17) is 5.10 Å². The van der Waals surface area contributed by atoms with Gasteiger partial charge in [0.25, 0.3) is 0 Å². The highest BCUT2D eigenvalue weighted by atomic mass is 19.1. The third kappa shape index (κ3) is 3.47. The van der Waals surface area contributed by atoms with Crippen LogP contribution in [0.3, 0.4) is 0 Å². The number of hydrogen-bond donors (Lipinski definition) is 2. The summed E-state index contributed by atoms with van der Waals surface area (Å²) in [6.07, 6.45) is 5.57. The van der Waals surface area contributed by atoms with Crippen molar-refractivity contribution >= 4 is 17.6 Å². The SMILES string of the molecule is Cc1ccccc1-n1nc(C2CCCC2)cc1Nc1ncc(F)cc1C(=O)O. The van der Waals surface area contributed by atoms with Crippen LogP contribution in [0.2, 0.25) is 0 Å². The van der Waals surface area contributed by atoms with Crippen LogP contribution in [0.5, 0.6) is 0 Å². The highest BCUT2D eigenvalue weighted by Crippen LogP contribution is 2.36. The van der Waals surface area contributed by atoms with Crippen LogP contribution in [-0.4, -0.2) is 25.8 Å². The van der Waals surface area contributed by atoms with Crippen molar-refractivity contribution in [2.45, 2.75) is 38.5 Å². The largest absolute Gasteiger partial charge is 0.478 e. The molecule has 0 aliphatic heterocycles. The van der Waals surface area contributed by atoms with Gasteiger partial charge in [0.2, 0.25) is 0 Å². The molecule has 0 amide bonds. The number of carboxylic acid groups (broad SMARTS) is 1. The number of halogens is 1. The molecular weight excluding hydrogens is 359 g/mol. The molecule has 1 aliphatic rings. The minimum Gasteiger partial charge on any atom is -0.478 e. The van der Waals surface area contributed by atoms with Crippen molar-refractivity contribution in [2.24, 2.45) is 0 Å². The first-order valence-electron chi connectivity index (χ1n) is 9.35. The molecular formula is C21H21FN4O2. The van der Waals surface area contributed by atoms with Crippen LogP contribution in [0.4, 0.5) is 16.0 Å². The second-order valence-corrected chi connectivity index (χ2v) is 7.11. The molecule has 1 fully saturated rings. The number of carbonyl (C=O) groups is 1. The molecule has 7 heteroatoms. The molecule has 3 aromatic rings. The molecule has 2 aromatic heterocycles. The Kier molecular flexibility index (Phi) is 4.81. The lowest BCUT2D eigenvalue weighted by Gasteiger charge is -2.12. The number of aromatic nitrogens is 3. The van der Waals surface area contributed by atoms with E-state index in [1.54, 1.807) is 4.68 Å². The van der Waals surface area contributed by atoms with Crippen molar-refractivity contribution in [3.05, 3.63) is 65.2 Å². The summed E-state index contributed by atoms with van der Waals surface area (Å²) in [6, 6.07) is 10.7. The molecule has 0 bridgehead atoms. The van der Waals surface area contributed by atoms with Gasteiger partial charge in [-0.25, -0.2) is 18.9 Å². The number of aryl methyl sites for hydroxylation is 1. The number of nitrogens with one attached hydrogen (secondary N) is 1. The van der Waals surface area contributed by atoms with Crippen molar-refractivity contribution in [3.8, 4) is 5.69 Å². The van der Waals surface area contributed by atoms with Gasteiger partial charge in [-0.3, -0.25) is 0 Å². The number of benzene rings is 1. The summed E-state index contributed by atoms with van der Waals surface area (Å²) >= 11 is 0. The molecule has 2 N–H and O–H groups in total. The van der Waals surface area contributed by atoms with E-state index in [0.29, 0.717) is 11.7 Å². The van der Waals surface area contributed by atoms with Crippen molar-refractivity contribution in [3.63, 3.8) is 0 Å². The third-order valence-electron chi connectivity index (χ3n) is 5.18. The predicted octanol–water partition coefficient (Wildman–Crippen LogP) is 4.81. The van der Waals surface area contributed by atoms with Crippen LogP contribution in [0, 0.1) is 12.7 Å². The Balaban J connectivity index is 1.80. The number of rotatable bonds is 5. The van der Waals surface area contributed by atoms with Crippen LogP contribution in [-0.2, 0) is 0 Å². The lowest BCUT2D eigenvalue weighted by Crippen LogP contribution is -2.09. The molecule has 1 aliphatic carbocycles. The average molecular weight is 380 g/mol. The van der Waals surface area contributed by atoms with Crippen molar-refractivity contribution in [1.29, 1.82) is 0 Å². The zero-order chi connectivity index (χ0) is 19.7. The van der Waals surface area contributed by atoms with Gasteiger partial charge in [-0.05, 0) is 37.5 Å². The summed E-state index contributed by atoms with van der Waals surface area (Å²) < 4.78 is 15.3. The molecule has 4 rings (SSSR count). The fraction of sp³-hybridized carbons (Fsp3) is 0.286. The normalized spacial score (nSPS) is 14.4. The van der Waals surface area contributed by atoms with E-state index < -0.39 is 11.8 Å². The van der Waals surface area contributed by atoms with E-state index >= 15 is 0 Å². The standard InChI is InChI=1S/C21H21FN4O2/c1-13-6-2-5-9-18(13)26-19(11-17(25-26)14-7-3-4-8-14)24-20-16(21(27)28)10-15(22)12-23-20/h2,5-6,9-12,14H,3-4,7-8H2,1H3,(H,23,24)(H,27,28). The topological polar surface area (TPSA) is 80.0 Å². The summed E-state index contributed by atoms with van der Waals surface area (Å²) in [4.78, 5) is 15.5. The van der Waals surface area contributed by atoms with Crippen molar-refractivity contribution in [2.75, 3.05) is 5.32 Å². The molecule has 28 heavy (non-hydrogen) atoms. The van der Waals surface area contributed by atoms with E-state index in [1.165, 1.54) is 12.8 Å². The molecule has 0 saturated heterocycles. The fourth-order valence-corrected chi connectivity index (χ4v) is 3.72. The molecule has 2 heterocycles. The fourth-order valence-electron chi connectivity index (χ4n) is 3.72. The second kappa shape index (κ2) is 7.42. The van der Waals surface area contributed by atoms with Gasteiger partial charge in [0.15, 0.2) is 0 Å². The van der Waals surface area contributed by atoms with E-state index in [1.807, 2.05) is 37.3 Å². The summed E-state index contributed by atoms with van der Waals surface area (Å²) in [7, 11) is 0. The number of nitrogens with zero attached hydrogens (tertiary/aromatic N) is 3. The highest BCUT2D eigenvalue weighted by molar-refractivity contribution is 5.93. The van der Waals surface area contributed by atoms with Gasteiger partial charge < -0.3 is 10.4 Å². The molecule has 1 aromatic carbocycles. The van der Waals surface area contributed by atoms with Crippen LogP contribution in [0.15, 0.2) is 42.6 Å². The Morgan fingerprint density at radius 2 is 2.00 bits per heavy atom. The second-order valence-electron chi connectivity index (χ2n) is 7.11. The van der Waals surface area contributed by atoms with Gasteiger partial charge in [-0.1, -0.05) is 31.0 Å². The molecule has 0 spiro atoms. The molecule has 1 saturated carbocycles. The third-order valence-corrected chi connectivity index (χ3v) is 5.18. The quantitative estimate of drug-likeness (QED) is 0.664. The first-order valence-corrected chi connectivity index (χ1v) is 9.35. The minimum atomic E-state index is -1.24. The minimum absolute atomic E-state index is 0.0848. The zero-order valence-electron chi connectivity index (χ0n) is 15.5. The maximum Gasteiger partial charge on any atom is 0.339 e. The van der Waals surface area contributed by atoms with Gasteiger partial charge in [0.05, 0.1) is 17.6 Å².